The first-order valence-corrected chi connectivity index (χ1v) is 25.5. The highest BCUT2D eigenvalue weighted by Crippen LogP contribution is 2.66. The van der Waals surface area contributed by atoms with Crippen LogP contribution in [0.25, 0.3) is 128 Å². The molecule has 0 radical (unpaired) electrons. The molecule has 0 fully saturated rings. The summed E-state index contributed by atoms with van der Waals surface area (Å²) in [7, 11) is 0. The van der Waals surface area contributed by atoms with Gasteiger partial charge < -0.3 is 0 Å². The maximum Gasteiger partial charge on any atom is 0.0731 e. The third-order valence-electron chi connectivity index (χ3n) is 15.7. The number of hydrogen-bond donors (Lipinski definition) is 0. The van der Waals surface area contributed by atoms with Gasteiger partial charge in [-0.2, -0.15) is 0 Å². The van der Waals surface area contributed by atoms with Crippen LogP contribution in [0.15, 0.2) is 231 Å². The first-order valence-electron chi connectivity index (χ1n) is 23.9. The lowest BCUT2D eigenvalue weighted by molar-refractivity contribution is 0.801. The Kier molecular flexibility index (Phi) is 7.67. The van der Waals surface area contributed by atoms with Gasteiger partial charge in [-0.1, -0.05) is 212 Å². The van der Waals surface area contributed by atoms with Crippen molar-refractivity contribution in [3.05, 3.63) is 253 Å². The van der Waals surface area contributed by atoms with Crippen molar-refractivity contribution in [1.29, 1.82) is 0 Å². The molecule has 2 aliphatic rings. The minimum Gasteiger partial charge on any atom is -0.135 e. The maximum atomic E-state index is 2.53. The molecule has 2 aromatic heterocycles. The summed E-state index contributed by atoms with van der Waals surface area (Å²) in [4.78, 5) is 0. The quantitative estimate of drug-likeness (QED) is 0.155. The van der Waals surface area contributed by atoms with Crippen molar-refractivity contribution in [2.24, 2.45) is 0 Å². The molecule has 14 aromatic rings. The second-order valence-corrected chi connectivity index (χ2v) is 21.0. The third-order valence-corrected chi connectivity index (χ3v) is 18.1. The Hall–Kier alpha value is -8.14. The van der Waals surface area contributed by atoms with Crippen molar-refractivity contribution in [3.63, 3.8) is 0 Å². The van der Waals surface area contributed by atoms with Crippen LogP contribution in [-0.2, 0) is 5.41 Å². The SMILES string of the molecule is c1ccc2c(c1)-c1ccc3ccccc3c1C21c2ccccc2-c2c(-c3c4cccc(-c5cccc6c5sc5ccccc56)c4cc4c(-c5cccc6c5sc5ccccc56)cccc34)cccc21. The largest absolute Gasteiger partial charge is 0.135 e. The Labute approximate surface area is 406 Å². The number of thiophene rings is 2. The predicted octanol–water partition coefficient (Wildman–Crippen LogP) is 19.2. The standard InChI is InChI=1S/C67H38S2/c1-2-17-40-39(16-1)36-37-48-43-18-3-7-31-57(43)67(64(40)48)58-32-8-4-21-53(58)63-54(30-15-33-59(63)67)62-46-24-11-22-41(49-26-13-28-51-44-19-5-9-34-60(44)68-65(49)51)55(46)38-56-42(23-12-25-47(56)62)50-27-14-29-52-45-20-6-10-35-61(45)69-66(50)52/h1-38H. The number of rotatable bonds is 3. The molecular weight excluding hydrogens is 869 g/mol. The molecule has 0 N–H and O–H groups in total. The Bertz CT molecular complexity index is 4390. The van der Waals surface area contributed by atoms with Gasteiger partial charge in [0.05, 0.1) is 5.41 Å². The Morgan fingerprint density at radius 3 is 1.35 bits per heavy atom. The zero-order valence-electron chi connectivity index (χ0n) is 37.3. The lowest BCUT2D eigenvalue weighted by atomic mass is 9.69. The highest BCUT2D eigenvalue weighted by atomic mass is 32.1. The number of benzene rings is 12. The van der Waals surface area contributed by atoms with Crippen LogP contribution in [0.3, 0.4) is 0 Å². The lowest BCUT2D eigenvalue weighted by Crippen LogP contribution is -2.26. The van der Waals surface area contributed by atoms with Crippen LogP contribution in [0.5, 0.6) is 0 Å². The molecule has 0 amide bonds. The average molecular weight is 907 g/mol. The van der Waals surface area contributed by atoms with Gasteiger partial charge in [0, 0.05) is 51.5 Å². The van der Waals surface area contributed by atoms with E-state index in [-0.39, 0.29) is 0 Å². The molecular formula is C67H38S2. The van der Waals surface area contributed by atoms with Gasteiger partial charge in [-0.25, -0.2) is 0 Å². The fourth-order valence-electron chi connectivity index (χ4n) is 13.0. The zero-order valence-corrected chi connectivity index (χ0v) is 38.9. The summed E-state index contributed by atoms with van der Waals surface area (Å²) in [6, 6.07) is 87.7. The second kappa shape index (κ2) is 14.0. The molecule has 2 heterocycles. The molecule has 2 aliphatic carbocycles. The van der Waals surface area contributed by atoms with E-state index in [9.17, 15) is 0 Å². The highest BCUT2D eigenvalue weighted by molar-refractivity contribution is 7.26. The molecule has 69 heavy (non-hydrogen) atoms. The summed E-state index contributed by atoms with van der Waals surface area (Å²) in [6.07, 6.45) is 0. The van der Waals surface area contributed by atoms with Crippen LogP contribution in [0.4, 0.5) is 0 Å². The van der Waals surface area contributed by atoms with E-state index >= 15 is 0 Å². The summed E-state index contributed by atoms with van der Waals surface area (Å²) < 4.78 is 5.30. The first kappa shape index (κ1) is 37.9. The zero-order chi connectivity index (χ0) is 45.0. The van der Waals surface area contributed by atoms with E-state index in [2.05, 4.69) is 231 Å². The summed E-state index contributed by atoms with van der Waals surface area (Å²) in [5, 5.41) is 12.9. The van der Waals surface area contributed by atoms with Crippen molar-refractivity contribution in [2.45, 2.75) is 5.41 Å². The summed E-state index contributed by atoms with van der Waals surface area (Å²) in [5.41, 5.74) is 17.9. The van der Waals surface area contributed by atoms with Gasteiger partial charge >= 0.3 is 0 Å². The third kappa shape index (κ3) is 4.92. The molecule has 16 rings (SSSR count). The Balaban J connectivity index is 1.06. The number of fused-ring (bicyclic) bond motifs is 20. The first-order chi connectivity index (χ1) is 34.3. The number of hydrogen-bond acceptors (Lipinski definition) is 2. The Morgan fingerprint density at radius 1 is 0.246 bits per heavy atom. The van der Waals surface area contributed by atoms with Crippen LogP contribution in [0.2, 0.25) is 0 Å². The van der Waals surface area contributed by atoms with E-state index in [1.165, 1.54) is 151 Å². The molecule has 0 bridgehead atoms. The van der Waals surface area contributed by atoms with Crippen LogP contribution in [0.1, 0.15) is 22.3 Å². The predicted molar refractivity (Wildman–Crippen MR) is 297 cm³/mol. The molecule has 12 aromatic carbocycles. The van der Waals surface area contributed by atoms with Crippen LogP contribution in [0, 0.1) is 0 Å². The van der Waals surface area contributed by atoms with Gasteiger partial charge in [-0.15, -0.1) is 22.7 Å². The van der Waals surface area contributed by atoms with Crippen LogP contribution < -0.4 is 0 Å². The average Bonchev–Trinajstić information content (AvgIpc) is 4.16. The van der Waals surface area contributed by atoms with Crippen molar-refractivity contribution >= 4 is 95.3 Å². The maximum absolute atomic E-state index is 2.53. The normalized spacial score (nSPS) is 14.7. The smallest absolute Gasteiger partial charge is 0.0731 e. The van der Waals surface area contributed by atoms with Crippen molar-refractivity contribution < 1.29 is 0 Å². The lowest BCUT2D eigenvalue weighted by Gasteiger charge is -2.31. The molecule has 0 nitrogen and oxygen atoms in total. The minimum atomic E-state index is -0.501. The fraction of sp³-hybridized carbons (Fsp3) is 0.0149. The summed E-state index contributed by atoms with van der Waals surface area (Å²) in [5.74, 6) is 0. The van der Waals surface area contributed by atoms with Crippen LogP contribution in [-0.4, -0.2) is 0 Å². The van der Waals surface area contributed by atoms with Gasteiger partial charge in [0.2, 0.25) is 0 Å². The van der Waals surface area contributed by atoms with Gasteiger partial charge in [0.25, 0.3) is 0 Å². The van der Waals surface area contributed by atoms with Gasteiger partial charge in [0.1, 0.15) is 0 Å². The van der Waals surface area contributed by atoms with Crippen LogP contribution >= 0.6 is 22.7 Å². The highest BCUT2D eigenvalue weighted by Gasteiger charge is 2.53. The van der Waals surface area contributed by atoms with E-state index in [4.69, 9.17) is 0 Å². The topological polar surface area (TPSA) is 0 Å². The van der Waals surface area contributed by atoms with E-state index in [0.29, 0.717) is 0 Å². The second-order valence-electron chi connectivity index (χ2n) is 18.9. The Morgan fingerprint density at radius 2 is 0.696 bits per heavy atom. The molecule has 318 valence electrons. The molecule has 0 aliphatic heterocycles. The van der Waals surface area contributed by atoms with Gasteiger partial charge in [-0.3, -0.25) is 0 Å². The minimum absolute atomic E-state index is 0.501. The van der Waals surface area contributed by atoms with E-state index < -0.39 is 5.41 Å². The van der Waals surface area contributed by atoms with Gasteiger partial charge in [-0.05, 0) is 117 Å². The van der Waals surface area contributed by atoms with E-state index in [1.807, 2.05) is 22.7 Å². The van der Waals surface area contributed by atoms with Crippen molar-refractivity contribution in [1.82, 2.24) is 0 Å². The molecule has 0 saturated heterocycles. The van der Waals surface area contributed by atoms with E-state index in [1.54, 1.807) is 0 Å². The monoisotopic (exact) mass is 906 g/mol. The van der Waals surface area contributed by atoms with Gasteiger partial charge in [0.15, 0.2) is 0 Å². The van der Waals surface area contributed by atoms with Crippen molar-refractivity contribution in [2.75, 3.05) is 0 Å². The molecule has 2 heteroatoms. The molecule has 1 spiro atoms. The summed E-state index contributed by atoms with van der Waals surface area (Å²) >= 11 is 3.82. The van der Waals surface area contributed by atoms with E-state index in [0.717, 1.165) is 0 Å². The molecule has 1 atom stereocenters. The molecule has 0 saturated carbocycles. The fourth-order valence-corrected chi connectivity index (χ4v) is 15.5. The summed E-state index contributed by atoms with van der Waals surface area (Å²) in [6.45, 7) is 0. The molecule has 1 unspecified atom stereocenters. The van der Waals surface area contributed by atoms with Crippen molar-refractivity contribution in [3.8, 4) is 55.6 Å².